The molecule has 3 aromatic rings. The van der Waals surface area contributed by atoms with Gasteiger partial charge in [-0.25, -0.2) is 19.7 Å². The molecule has 0 saturated carbocycles. The summed E-state index contributed by atoms with van der Waals surface area (Å²) in [5.74, 6) is -2.76. The average molecular weight is 590 g/mol. The van der Waals surface area contributed by atoms with E-state index in [4.69, 9.17) is 10.6 Å². The Morgan fingerprint density at radius 1 is 1.31 bits per heavy atom. The van der Waals surface area contributed by atoms with Crippen LogP contribution in [-0.4, -0.2) is 88.7 Å². The highest BCUT2D eigenvalue weighted by Crippen LogP contribution is 2.42. The summed E-state index contributed by atoms with van der Waals surface area (Å²) in [4.78, 5) is 56.4. The number of fused-ring (bicyclic) bond motifs is 2. The number of aliphatic carboxylic acids is 1. The number of carbonyl (C=O) groups excluding carboxylic acids is 2. The van der Waals surface area contributed by atoms with Gasteiger partial charge in [-0.05, 0) is 11.6 Å². The van der Waals surface area contributed by atoms with E-state index in [1.807, 2.05) is 0 Å². The number of carbonyl (C=O) groups is 3. The van der Waals surface area contributed by atoms with Crippen molar-refractivity contribution in [1.82, 2.24) is 25.2 Å². The van der Waals surface area contributed by atoms with Gasteiger partial charge in [-0.15, -0.1) is 34.9 Å². The molecule has 0 aliphatic carbocycles. The Morgan fingerprint density at radius 3 is 2.77 bits per heavy atom. The Morgan fingerprint density at radius 2 is 2.08 bits per heavy atom. The normalized spacial score (nSPS) is 19.1. The monoisotopic (exact) mass is 589 g/mol. The number of hydrogen-bond donors (Lipinski definition) is 5. The Kier molecular flexibility index (Phi) is 7.19. The maximum atomic E-state index is 13.0. The van der Waals surface area contributed by atoms with Crippen LogP contribution in [0.3, 0.4) is 0 Å². The first kappa shape index (κ1) is 26.5. The van der Waals surface area contributed by atoms with Gasteiger partial charge in [0.25, 0.3) is 11.8 Å². The summed E-state index contributed by atoms with van der Waals surface area (Å²) < 4.78 is 0. The van der Waals surface area contributed by atoms with Crippen LogP contribution in [0.15, 0.2) is 45.3 Å². The fraction of sp³-hybridized carbons (Fsp3) is 0.227. The third-order valence-electron chi connectivity index (χ3n) is 5.78. The van der Waals surface area contributed by atoms with Gasteiger partial charge in [-0.3, -0.25) is 14.5 Å². The molecule has 39 heavy (non-hydrogen) atoms. The molecule has 1 unspecified atom stereocenters. The van der Waals surface area contributed by atoms with Gasteiger partial charge >= 0.3 is 5.97 Å². The predicted octanol–water partition coefficient (Wildman–Crippen LogP) is 0.961. The van der Waals surface area contributed by atoms with Gasteiger partial charge in [0, 0.05) is 28.3 Å². The van der Waals surface area contributed by atoms with Crippen LogP contribution in [0.2, 0.25) is 0 Å². The fourth-order valence-electron chi connectivity index (χ4n) is 4.02. The molecule has 1 saturated heterocycles. The number of benzene rings is 1. The van der Waals surface area contributed by atoms with Gasteiger partial charge in [0.15, 0.2) is 22.3 Å². The molecular weight excluding hydrogens is 570 g/mol. The summed E-state index contributed by atoms with van der Waals surface area (Å²) in [5, 5.41) is 38.0. The Labute approximate surface area is 232 Å². The second kappa shape index (κ2) is 10.6. The van der Waals surface area contributed by atoms with Crippen LogP contribution >= 0.6 is 34.9 Å². The van der Waals surface area contributed by atoms with Crippen molar-refractivity contribution < 1.29 is 34.5 Å². The van der Waals surface area contributed by atoms with Crippen molar-refractivity contribution in [3.05, 3.63) is 40.8 Å². The maximum absolute atomic E-state index is 13.0. The first-order chi connectivity index (χ1) is 18.7. The van der Waals surface area contributed by atoms with E-state index in [2.05, 4.69) is 25.4 Å². The average Bonchev–Trinajstić information content (AvgIpc) is 3.34. The van der Waals surface area contributed by atoms with Crippen molar-refractivity contribution in [2.45, 2.75) is 16.4 Å². The number of phenolic OH excluding ortho intramolecular Hbond substituents is 2. The van der Waals surface area contributed by atoms with Crippen molar-refractivity contribution in [2.75, 3.05) is 24.3 Å². The van der Waals surface area contributed by atoms with Crippen LogP contribution in [0.5, 0.6) is 11.5 Å². The number of aromatic nitrogens is 3. The van der Waals surface area contributed by atoms with Gasteiger partial charge < -0.3 is 31.2 Å². The van der Waals surface area contributed by atoms with E-state index in [1.165, 1.54) is 54.5 Å². The molecular formula is C22H19N7O7S3. The van der Waals surface area contributed by atoms with Gasteiger partial charge in [-0.1, -0.05) is 5.16 Å². The third-order valence-corrected chi connectivity index (χ3v) is 8.88. The number of carboxylic acid groups (broad SMARTS) is 1. The van der Waals surface area contributed by atoms with E-state index in [0.717, 1.165) is 16.2 Å². The fourth-order valence-corrected chi connectivity index (χ4v) is 7.04. The van der Waals surface area contributed by atoms with E-state index in [9.17, 15) is 29.7 Å². The maximum Gasteiger partial charge on any atom is 0.352 e. The number of nitrogens with two attached hydrogens (primary N) is 1. The number of carboxylic acids is 1. The number of oxime groups is 1. The highest BCUT2D eigenvalue weighted by molar-refractivity contribution is 8.01. The van der Waals surface area contributed by atoms with Crippen LogP contribution in [0.25, 0.3) is 10.9 Å². The number of anilines is 1. The number of rotatable bonds is 8. The molecule has 1 fully saturated rings. The Hall–Kier alpha value is -4.09. The Bertz CT molecular complexity index is 1570. The number of thiazole rings is 1. The molecule has 5 rings (SSSR count). The number of nitrogen functional groups attached to an aromatic ring is 1. The van der Waals surface area contributed by atoms with Crippen molar-refractivity contribution in [2.24, 2.45) is 5.16 Å². The number of hydrogen-bond acceptors (Lipinski definition) is 14. The summed E-state index contributed by atoms with van der Waals surface area (Å²) in [6.45, 7) is 0. The van der Waals surface area contributed by atoms with E-state index >= 15 is 0 Å². The summed E-state index contributed by atoms with van der Waals surface area (Å²) in [5.41, 5.74) is 6.40. The molecule has 17 heteroatoms. The van der Waals surface area contributed by atoms with E-state index < -0.39 is 29.2 Å². The summed E-state index contributed by atoms with van der Waals surface area (Å²) in [7, 11) is 1.26. The molecule has 202 valence electrons. The largest absolute Gasteiger partial charge is 0.504 e. The quantitative estimate of drug-likeness (QED) is 0.0619. The lowest BCUT2D eigenvalue weighted by Crippen LogP contribution is -2.71. The second-order valence-corrected chi connectivity index (χ2v) is 11.1. The molecule has 2 aliphatic rings. The van der Waals surface area contributed by atoms with Crippen LogP contribution < -0.4 is 11.1 Å². The van der Waals surface area contributed by atoms with Crippen molar-refractivity contribution >= 4 is 74.4 Å². The SMILES string of the molecule is CON=C(C(=O)NC1C(=O)N2C(C(=O)O)=C(CSc3ncnc4cc(O)c(O)cc34)CS[C@@H]12)c1csc(N)n1. The van der Waals surface area contributed by atoms with Gasteiger partial charge in [0.2, 0.25) is 0 Å². The first-order valence-corrected chi connectivity index (χ1v) is 13.9. The van der Waals surface area contributed by atoms with Crippen LogP contribution in [0.4, 0.5) is 5.13 Å². The molecule has 2 aromatic heterocycles. The van der Waals surface area contributed by atoms with E-state index in [1.54, 1.807) is 0 Å². The first-order valence-electron chi connectivity index (χ1n) is 11.0. The number of nitrogens with zero attached hydrogens (tertiary/aromatic N) is 5. The zero-order valence-electron chi connectivity index (χ0n) is 19.9. The smallest absolute Gasteiger partial charge is 0.352 e. The predicted molar refractivity (Wildman–Crippen MR) is 143 cm³/mol. The van der Waals surface area contributed by atoms with Crippen LogP contribution in [0, 0.1) is 0 Å². The molecule has 2 aliphatic heterocycles. The number of β-lactam (4-membered cyclic amide) rings is 1. The van der Waals surface area contributed by atoms with Crippen LogP contribution in [-0.2, 0) is 19.2 Å². The number of thioether (sulfide) groups is 2. The number of phenols is 2. The highest BCUT2D eigenvalue weighted by Gasteiger charge is 2.54. The van der Waals surface area contributed by atoms with Crippen LogP contribution in [0.1, 0.15) is 5.69 Å². The summed E-state index contributed by atoms with van der Waals surface area (Å²) in [6, 6.07) is 1.66. The molecule has 4 heterocycles. The number of aromatic hydroxyl groups is 2. The zero-order valence-corrected chi connectivity index (χ0v) is 22.3. The molecule has 1 aromatic carbocycles. The minimum Gasteiger partial charge on any atom is -0.504 e. The highest BCUT2D eigenvalue weighted by atomic mass is 32.2. The lowest BCUT2D eigenvalue weighted by molar-refractivity contribution is -0.150. The van der Waals surface area contributed by atoms with Gasteiger partial charge in [0.05, 0.1) is 5.52 Å². The number of nitrogens with one attached hydrogen (secondary N) is 1. The number of amides is 2. The molecule has 0 bridgehead atoms. The van der Waals surface area contributed by atoms with E-state index in [-0.39, 0.29) is 45.2 Å². The minimum absolute atomic E-state index is 0.154. The lowest BCUT2D eigenvalue weighted by atomic mass is 10.0. The molecule has 0 radical (unpaired) electrons. The molecule has 6 N–H and O–H groups in total. The summed E-state index contributed by atoms with van der Waals surface area (Å²) in [6.07, 6.45) is 1.30. The third kappa shape index (κ3) is 4.90. The molecule has 14 nitrogen and oxygen atoms in total. The Balaban J connectivity index is 1.34. The molecule has 2 atom stereocenters. The molecule has 0 spiro atoms. The standard InChI is InChI=1S/C22H19N7O7S3/c1-36-28-14(11-6-39-22(23)26-11)17(32)27-15-19(33)29-16(21(34)35)8(5-38-20(15)29)4-37-18-9-2-12(30)13(31)3-10(9)24-7-25-18/h2-3,6-7,15,20,30-31H,4-5H2,1H3,(H2,23,26)(H,27,32)(H,34,35)/t15?,20-/m0/s1. The minimum atomic E-state index is -1.27. The second-order valence-electron chi connectivity index (χ2n) is 8.14. The van der Waals surface area contributed by atoms with Gasteiger partial charge in [-0.2, -0.15) is 0 Å². The zero-order chi connectivity index (χ0) is 27.8. The van der Waals surface area contributed by atoms with Crippen molar-refractivity contribution in [3.63, 3.8) is 0 Å². The topological polar surface area (TPSA) is 213 Å². The van der Waals surface area contributed by atoms with E-state index in [0.29, 0.717) is 21.5 Å². The molecule has 2 amide bonds. The van der Waals surface area contributed by atoms with Crippen molar-refractivity contribution in [1.29, 1.82) is 0 Å². The summed E-state index contributed by atoms with van der Waals surface area (Å²) >= 11 is 3.63. The van der Waals surface area contributed by atoms with Crippen molar-refractivity contribution in [3.8, 4) is 11.5 Å². The lowest BCUT2D eigenvalue weighted by Gasteiger charge is -2.49. The van der Waals surface area contributed by atoms with Gasteiger partial charge in [0.1, 0.15) is 41.3 Å².